The number of thioether (sulfide) groups is 1. The smallest absolute Gasteiger partial charge is 0.194 e. The minimum atomic E-state index is -0.698. The first-order valence-corrected chi connectivity index (χ1v) is 8.55. The molecule has 0 bridgehead atoms. The Morgan fingerprint density at radius 1 is 1.50 bits per heavy atom. The molecule has 5 nitrogen and oxygen atoms in total. The lowest BCUT2D eigenvalue weighted by atomic mass is 10.2. The predicted octanol–water partition coefficient (Wildman–Crippen LogP) is 1.59. The van der Waals surface area contributed by atoms with E-state index in [2.05, 4.69) is 28.5 Å². The molecule has 0 aliphatic rings. The van der Waals surface area contributed by atoms with Gasteiger partial charge in [0.05, 0.1) is 18.4 Å². The molecule has 0 radical (unpaired) electrons. The lowest BCUT2D eigenvalue weighted by molar-refractivity contribution is 0.113. The second-order valence-corrected chi connectivity index (χ2v) is 6.97. The lowest BCUT2D eigenvalue weighted by Crippen LogP contribution is -2.20. The SMILES string of the molecule is CC(C)CNCc1c(SCC(O)CO)nc2sccn12. The normalized spacial score (nSPS) is 13.4. The fourth-order valence-corrected chi connectivity index (χ4v) is 3.53. The van der Waals surface area contributed by atoms with Crippen LogP contribution in [-0.2, 0) is 6.54 Å². The topological polar surface area (TPSA) is 69.8 Å². The largest absolute Gasteiger partial charge is 0.394 e. The summed E-state index contributed by atoms with van der Waals surface area (Å²) in [5.74, 6) is 1.06. The van der Waals surface area contributed by atoms with E-state index in [1.54, 1.807) is 11.3 Å². The summed E-state index contributed by atoms with van der Waals surface area (Å²) >= 11 is 3.09. The van der Waals surface area contributed by atoms with Crippen LogP contribution in [-0.4, -0.2) is 44.6 Å². The zero-order valence-electron chi connectivity index (χ0n) is 11.7. The van der Waals surface area contributed by atoms with E-state index in [1.807, 2.05) is 11.6 Å². The summed E-state index contributed by atoms with van der Waals surface area (Å²) in [4.78, 5) is 5.55. The number of imidazole rings is 1. The number of hydrogen-bond acceptors (Lipinski definition) is 6. The van der Waals surface area contributed by atoms with Gasteiger partial charge in [-0.05, 0) is 12.5 Å². The van der Waals surface area contributed by atoms with Crippen LogP contribution in [0, 0.1) is 5.92 Å². The molecule has 1 atom stereocenters. The predicted molar refractivity (Wildman–Crippen MR) is 83.4 cm³/mol. The van der Waals surface area contributed by atoms with Crippen molar-refractivity contribution in [2.24, 2.45) is 5.92 Å². The fraction of sp³-hybridized carbons (Fsp3) is 0.615. The van der Waals surface area contributed by atoms with Crippen molar-refractivity contribution in [1.82, 2.24) is 14.7 Å². The molecule has 1 unspecified atom stereocenters. The van der Waals surface area contributed by atoms with Gasteiger partial charge in [-0.1, -0.05) is 13.8 Å². The highest BCUT2D eigenvalue weighted by molar-refractivity contribution is 7.99. The highest BCUT2D eigenvalue weighted by atomic mass is 32.2. The van der Waals surface area contributed by atoms with Gasteiger partial charge in [0.15, 0.2) is 4.96 Å². The quantitative estimate of drug-likeness (QED) is 0.645. The molecule has 0 spiro atoms. The van der Waals surface area contributed by atoms with Crippen LogP contribution < -0.4 is 5.32 Å². The second kappa shape index (κ2) is 7.42. The van der Waals surface area contributed by atoms with Crippen molar-refractivity contribution in [3.8, 4) is 0 Å². The summed E-state index contributed by atoms with van der Waals surface area (Å²) in [5.41, 5.74) is 1.12. The first-order valence-electron chi connectivity index (χ1n) is 6.68. The van der Waals surface area contributed by atoms with E-state index in [1.165, 1.54) is 11.8 Å². The number of fused-ring (bicyclic) bond motifs is 1. The van der Waals surface area contributed by atoms with E-state index in [4.69, 9.17) is 5.11 Å². The molecule has 0 fully saturated rings. The molecule has 112 valence electrons. The number of aromatic nitrogens is 2. The number of nitrogens with one attached hydrogen (secondary N) is 1. The number of nitrogens with zero attached hydrogens (tertiary/aromatic N) is 2. The maximum absolute atomic E-state index is 9.47. The molecular weight excluding hydrogens is 294 g/mol. The molecule has 2 aromatic heterocycles. The van der Waals surface area contributed by atoms with Crippen LogP contribution in [0.2, 0.25) is 0 Å². The van der Waals surface area contributed by atoms with E-state index in [-0.39, 0.29) is 6.61 Å². The van der Waals surface area contributed by atoms with Crippen LogP contribution in [0.3, 0.4) is 0 Å². The number of aliphatic hydroxyl groups excluding tert-OH is 2. The first-order chi connectivity index (χ1) is 9.61. The van der Waals surface area contributed by atoms with Gasteiger partial charge in [-0.15, -0.1) is 23.1 Å². The molecule has 0 saturated carbocycles. The minimum absolute atomic E-state index is 0.212. The van der Waals surface area contributed by atoms with Crippen LogP contribution in [0.5, 0.6) is 0 Å². The number of thiazole rings is 1. The van der Waals surface area contributed by atoms with E-state index in [9.17, 15) is 5.11 Å². The summed E-state index contributed by atoms with van der Waals surface area (Å²) in [7, 11) is 0. The van der Waals surface area contributed by atoms with Gasteiger partial charge in [0, 0.05) is 23.9 Å². The zero-order valence-corrected chi connectivity index (χ0v) is 13.4. The highest BCUT2D eigenvalue weighted by Gasteiger charge is 2.15. The maximum atomic E-state index is 9.47. The van der Waals surface area contributed by atoms with Crippen molar-refractivity contribution in [2.75, 3.05) is 18.9 Å². The monoisotopic (exact) mass is 315 g/mol. The van der Waals surface area contributed by atoms with Gasteiger partial charge in [0.1, 0.15) is 5.03 Å². The Labute approximate surface area is 127 Å². The minimum Gasteiger partial charge on any atom is -0.394 e. The summed E-state index contributed by atoms with van der Waals surface area (Å²) in [5, 5.41) is 24.7. The number of hydrogen-bond donors (Lipinski definition) is 3. The molecule has 2 heterocycles. The second-order valence-electron chi connectivity index (χ2n) is 5.09. The molecule has 20 heavy (non-hydrogen) atoms. The van der Waals surface area contributed by atoms with Crippen molar-refractivity contribution < 1.29 is 10.2 Å². The Morgan fingerprint density at radius 2 is 2.30 bits per heavy atom. The Bertz CT molecular complexity index is 539. The molecule has 2 rings (SSSR count). The number of aliphatic hydroxyl groups is 2. The van der Waals surface area contributed by atoms with E-state index in [0.717, 1.165) is 28.8 Å². The van der Waals surface area contributed by atoms with Crippen LogP contribution in [0.1, 0.15) is 19.5 Å². The highest BCUT2D eigenvalue weighted by Crippen LogP contribution is 2.26. The molecule has 7 heteroatoms. The summed E-state index contributed by atoms with van der Waals surface area (Å²) in [6.45, 7) is 5.86. The molecule has 0 amide bonds. The van der Waals surface area contributed by atoms with Crippen molar-refractivity contribution in [1.29, 1.82) is 0 Å². The summed E-state index contributed by atoms with van der Waals surface area (Å²) < 4.78 is 2.09. The van der Waals surface area contributed by atoms with Crippen LogP contribution in [0.15, 0.2) is 16.6 Å². The molecule has 0 aliphatic heterocycles. The average molecular weight is 315 g/mol. The maximum Gasteiger partial charge on any atom is 0.194 e. The Hall–Kier alpha value is -0.600. The van der Waals surface area contributed by atoms with Crippen LogP contribution in [0.25, 0.3) is 4.96 Å². The molecule has 0 aromatic carbocycles. The lowest BCUT2D eigenvalue weighted by Gasteiger charge is -2.09. The van der Waals surface area contributed by atoms with Crippen LogP contribution >= 0.6 is 23.1 Å². The molecule has 2 aromatic rings. The van der Waals surface area contributed by atoms with Gasteiger partial charge >= 0.3 is 0 Å². The van der Waals surface area contributed by atoms with Crippen molar-refractivity contribution in [3.63, 3.8) is 0 Å². The van der Waals surface area contributed by atoms with E-state index < -0.39 is 6.10 Å². The molecule has 0 saturated heterocycles. The third kappa shape index (κ3) is 3.95. The fourth-order valence-electron chi connectivity index (χ4n) is 1.80. The van der Waals surface area contributed by atoms with Crippen molar-refractivity contribution in [2.45, 2.75) is 31.5 Å². The third-order valence-electron chi connectivity index (χ3n) is 2.79. The average Bonchev–Trinajstić information content (AvgIpc) is 2.97. The molecule has 3 N–H and O–H groups in total. The Balaban J connectivity index is 2.09. The summed E-state index contributed by atoms with van der Waals surface area (Å²) in [6, 6.07) is 0. The van der Waals surface area contributed by atoms with Crippen molar-refractivity contribution in [3.05, 3.63) is 17.3 Å². The third-order valence-corrected chi connectivity index (χ3v) is 4.70. The summed E-state index contributed by atoms with van der Waals surface area (Å²) in [6.07, 6.45) is 1.32. The molecular formula is C13H21N3O2S2. The van der Waals surface area contributed by atoms with Gasteiger partial charge in [-0.2, -0.15) is 0 Å². The van der Waals surface area contributed by atoms with Gasteiger partial charge in [-0.25, -0.2) is 4.98 Å². The molecule has 0 aliphatic carbocycles. The van der Waals surface area contributed by atoms with Gasteiger partial charge in [0.2, 0.25) is 0 Å². The standard InChI is InChI=1S/C13H21N3O2S2/c1-9(2)5-14-6-11-12(20-8-10(18)7-17)15-13-16(11)3-4-19-13/h3-4,9-10,14,17-18H,5-8H2,1-2H3. The van der Waals surface area contributed by atoms with Crippen LogP contribution in [0.4, 0.5) is 0 Å². The first kappa shape index (κ1) is 15.8. The Kier molecular flexibility index (Phi) is 5.86. The van der Waals surface area contributed by atoms with Gasteiger partial charge in [-0.3, -0.25) is 4.40 Å². The van der Waals surface area contributed by atoms with E-state index >= 15 is 0 Å². The van der Waals surface area contributed by atoms with Crippen molar-refractivity contribution >= 4 is 28.1 Å². The zero-order chi connectivity index (χ0) is 14.5. The number of rotatable bonds is 8. The van der Waals surface area contributed by atoms with Gasteiger partial charge < -0.3 is 15.5 Å². The Morgan fingerprint density at radius 3 is 3.00 bits per heavy atom. The van der Waals surface area contributed by atoms with E-state index in [0.29, 0.717) is 11.7 Å². The van der Waals surface area contributed by atoms with Gasteiger partial charge in [0.25, 0.3) is 0 Å².